The van der Waals surface area contributed by atoms with Crippen LogP contribution in [0.3, 0.4) is 0 Å². The summed E-state index contributed by atoms with van der Waals surface area (Å²) in [5, 5.41) is 10.2. The SMILES string of the molecule is NCC(c1cccnc1)C(O)c1cc(F)cc(F)c1. The molecule has 1 aromatic heterocycles. The molecule has 0 saturated carbocycles. The zero-order chi connectivity index (χ0) is 13.8. The van der Waals surface area contributed by atoms with Gasteiger partial charge in [0, 0.05) is 30.9 Å². The predicted molar refractivity (Wildman–Crippen MR) is 67.4 cm³/mol. The second-order valence-corrected chi connectivity index (χ2v) is 4.28. The Morgan fingerprint density at radius 1 is 1.16 bits per heavy atom. The van der Waals surface area contributed by atoms with Gasteiger partial charge < -0.3 is 10.8 Å². The predicted octanol–water partition coefficient (Wildman–Crippen LogP) is 2.14. The molecule has 2 aromatic rings. The number of pyridine rings is 1. The van der Waals surface area contributed by atoms with Crippen LogP contribution < -0.4 is 5.73 Å². The first-order chi connectivity index (χ1) is 9.11. The maximum Gasteiger partial charge on any atom is 0.126 e. The van der Waals surface area contributed by atoms with Crippen LogP contribution in [0.5, 0.6) is 0 Å². The molecule has 0 aliphatic rings. The van der Waals surface area contributed by atoms with Gasteiger partial charge in [0.15, 0.2) is 0 Å². The van der Waals surface area contributed by atoms with Crippen molar-refractivity contribution in [2.45, 2.75) is 12.0 Å². The minimum Gasteiger partial charge on any atom is -0.388 e. The Morgan fingerprint density at radius 2 is 1.84 bits per heavy atom. The van der Waals surface area contributed by atoms with E-state index in [1.807, 2.05) is 0 Å². The van der Waals surface area contributed by atoms with Crippen molar-refractivity contribution in [2.75, 3.05) is 6.54 Å². The lowest BCUT2D eigenvalue weighted by molar-refractivity contribution is 0.146. The Morgan fingerprint density at radius 3 is 2.37 bits per heavy atom. The van der Waals surface area contributed by atoms with Crippen LogP contribution in [0.25, 0.3) is 0 Å². The van der Waals surface area contributed by atoms with Crippen molar-refractivity contribution in [3.05, 3.63) is 65.5 Å². The number of hydrogen-bond acceptors (Lipinski definition) is 3. The summed E-state index contributed by atoms with van der Waals surface area (Å²) in [5.41, 5.74) is 6.53. The van der Waals surface area contributed by atoms with Gasteiger partial charge in [-0.1, -0.05) is 6.07 Å². The summed E-state index contributed by atoms with van der Waals surface area (Å²) in [6.07, 6.45) is 2.10. The Kier molecular flexibility index (Phi) is 4.19. The highest BCUT2D eigenvalue weighted by atomic mass is 19.1. The molecule has 0 aliphatic carbocycles. The molecule has 0 amide bonds. The van der Waals surface area contributed by atoms with Gasteiger partial charge in [-0.3, -0.25) is 4.98 Å². The highest BCUT2D eigenvalue weighted by Gasteiger charge is 2.22. The van der Waals surface area contributed by atoms with Crippen LogP contribution in [-0.4, -0.2) is 16.6 Å². The molecule has 2 rings (SSSR count). The number of nitrogens with zero attached hydrogens (tertiary/aromatic N) is 1. The third kappa shape index (κ3) is 3.13. The quantitative estimate of drug-likeness (QED) is 0.889. The average Bonchev–Trinajstić information content (AvgIpc) is 2.39. The molecule has 3 nitrogen and oxygen atoms in total. The van der Waals surface area contributed by atoms with Crippen molar-refractivity contribution in [3.63, 3.8) is 0 Å². The van der Waals surface area contributed by atoms with E-state index in [1.54, 1.807) is 24.5 Å². The number of rotatable bonds is 4. The van der Waals surface area contributed by atoms with Crippen LogP contribution in [-0.2, 0) is 0 Å². The van der Waals surface area contributed by atoms with Crippen molar-refractivity contribution in [1.82, 2.24) is 4.98 Å². The first kappa shape index (κ1) is 13.6. The molecule has 2 atom stereocenters. The first-order valence-electron chi connectivity index (χ1n) is 5.86. The molecule has 0 saturated heterocycles. The molecule has 2 unspecified atom stereocenters. The van der Waals surface area contributed by atoms with Crippen LogP contribution in [0.1, 0.15) is 23.1 Å². The second kappa shape index (κ2) is 5.86. The summed E-state index contributed by atoms with van der Waals surface area (Å²) in [6.45, 7) is 0.144. The first-order valence-corrected chi connectivity index (χ1v) is 5.86. The van der Waals surface area contributed by atoms with Crippen molar-refractivity contribution >= 4 is 0 Å². The number of halogens is 2. The number of benzene rings is 1. The average molecular weight is 264 g/mol. The van der Waals surface area contributed by atoms with Gasteiger partial charge in [0.05, 0.1) is 6.10 Å². The lowest BCUT2D eigenvalue weighted by Crippen LogP contribution is -2.20. The van der Waals surface area contributed by atoms with Gasteiger partial charge in [0.2, 0.25) is 0 Å². The molecule has 0 spiro atoms. The van der Waals surface area contributed by atoms with Crippen molar-refractivity contribution in [1.29, 1.82) is 0 Å². The molecule has 0 aliphatic heterocycles. The Hall–Kier alpha value is -1.85. The van der Waals surface area contributed by atoms with E-state index < -0.39 is 23.7 Å². The lowest BCUT2D eigenvalue weighted by atomic mass is 9.90. The number of nitrogens with two attached hydrogens (primary N) is 1. The van der Waals surface area contributed by atoms with Crippen LogP contribution in [0.4, 0.5) is 8.78 Å². The van der Waals surface area contributed by atoms with E-state index in [4.69, 9.17) is 5.73 Å². The minimum atomic E-state index is -1.08. The summed E-state index contributed by atoms with van der Waals surface area (Å²) < 4.78 is 26.3. The molecular formula is C14H14F2N2O. The van der Waals surface area contributed by atoms with Crippen molar-refractivity contribution < 1.29 is 13.9 Å². The number of hydrogen-bond donors (Lipinski definition) is 2. The Bertz CT molecular complexity index is 528. The molecule has 3 N–H and O–H groups in total. The summed E-state index contributed by atoms with van der Waals surface area (Å²) in [6, 6.07) is 6.46. The summed E-state index contributed by atoms with van der Waals surface area (Å²) >= 11 is 0. The van der Waals surface area contributed by atoms with Crippen molar-refractivity contribution in [3.8, 4) is 0 Å². The molecule has 100 valence electrons. The molecule has 19 heavy (non-hydrogen) atoms. The fourth-order valence-corrected chi connectivity index (χ4v) is 2.02. The van der Waals surface area contributed by atoms with Gasteiger partial charge in [-0.15, -0.1) is 0 Å². The third-order valence-corrected chi connectivity index (χ3v) is 2.97. The number of aliphatic hydroxyl groups excluding tert-OH is 1. The van der Waals surface area contributed by atoms with Gasteiger partial charge in [0.25, 0.3) is 0 Å². The zero-order valence-corrected chi connectivity index (χ0v) is 10.1. The van der Waals surface area contributed by atoms with Crippen LogP contribution in [0.2, 0.25) is 0 Å². The smallest absolute Gasteiger partial charge is 0.126 e. The summed E-state index contributed by atoms with van der Waals surface area (Å²) in [7, 11) is 0. The molecule has 0 fully saturated rings. The normalized spacial score (nSPS) is 14.1. The summed E-state index contributed by atoms with van der Waals surface area (Å²) in [4.78, 5) is 3.95. The van der Waals surface area contributed by atoms with E-state index >= 15 is 0 Å². The molecule has 0 bridgehead atoms. The molecule has 1 heterocycles. The van der Waals surface area contributed by atoms with Gasteiger partial charge >= 0.3 is 0 Å². The van der Waals surface area contributed by atoms with E-state index in [0.29, 0.717) is 0 Å². The van der Waals surface area contributed by atoms with Crippen LogP contribution in [0.15, 0.2) is 42.7 Å². The van der Waals surface area contributed by atoms with E-state index in [2.05, 4.69) is 4.98 Å². The van der Waals surface area contributed by atoms with Gasteiger partial charge in [0.1, 0.15) is 11.6 Å². The van der Waals surface area contributed by atoms with Gasteiger partial charge in [-0.05, 0) is 29.3 Å². The van der Waals surface area contributed by atoms with E-state index in [-0.39, 0.29) is 12.1 Å². The number of aliphatic hydroxyl groups is 1. The largest absolute Gasteiger partial charge is 0.388 e. The van der Waals surface area contributed by atoms with Crippen LogP contribution >= 0.6 is 0 Å². The molecule has 5 heteroatoms. The zero-order valence-electron chi connectivity index (χ0n) is 10.1. The highest BCUT2D eigenvalue weighted by molar-refractivity contribution is 5.26. The standard InChI is InChI=1S/C14H14F2N2O/c15-11-4-10(5-12(16)6-11)14(19)13(7-17)9-2-1-3-18-8-9/h1-6,8,13-14,19H,7,17H2. The second-order valence-electron chi connectivity index (χ2n) is 4.28. The maximum atomic E-state index is 13.2. The van der Waals surface area contributed by atoms with E-state index in [9.17, 15) is 13.9 Å². The molecule has 0 radical (unpaired) electrons. The fraction of sp³-hybridized carbons (Fsp3) is 0.214. The fourth-order valence-electron chi connectivity index (χ4n) is 2.02. The van der Waals surface area contributed by atoms with Gasteiger partial charge in [-0.25, -0.2) is 8.78 Å². The Balaban J connectivity index is 2.33. The number of aromatic nitrogens is 1. The maximum absolute atomic E-state index is 13.2. The topological polar surface area (TPSA) is 59.1 Å². The molecular weight excluding hydrogens is 250 g/mol. The van der Waals surface area contributed by atoms with Crippen LogP contribution in [0, 0.1) is 11.6 Å². The summed E-state index contributed by atoms with van der Waals surface area (Å²) in [5.74, 6) is -1.91. The highest BCUT2D eigenvalue weighted by Crippen LogP contribution is 2.30. The minimum absolute atomic E-state index is 0.144. The van der Waals surface area contributed by atoms with E-state index in [1.165, 1.54) is 0 Å². The molecule has 1 aromatic carbocycles. The Labute approximate surface area is 109 Å². The lowest BCUT2D eigenvalue weighted by Gasteiger charge is -2.22. The monoisotopic (exact) mass is 264 g/mol. The van der Waals surface area contributed by atoms with E-state index in [0.717, 1.165) is 23.8 Å². The van der Waals surface area contributed by atoms with Gasteiger partial charge in [-0.2, -0.15) is 0 Å². The van der Waals surface area contributed by atoms with Crippen molar-refractivity contribution in [2.24, 2.45) is 5.73 Å². The third-order valence-electron chi connectivity index (χ3n) is 2.97.